The molecule has 1 aliphatic rings. The molecular weight excluding hydrogens is 264 g/mol. The van der Waals surface area contributed by atoms with Crippen molar-refractivity contribution in [2.45, 2.75) is 58.5 Å². The van der Waals surface area contributed by atoms with E-state index in [0.717, 1.165) is 18.9 Å². The van der Waals surface area contributed by atoms with Crippen LogP contribution >= 0.6 is 0 Å². The fraction of sp³-hybridized carbons (Fsp3) is 0.750. The van der Waals surface area contributed by atoms with Crippen LogP contribution in [-0.4, -0.2) is 41.2 Å². The van der Waals surface area contributed by atoms with Gasteiger partial charge in [-0.15, -0.1) is 0 Å². The minimum Gasteiger partial charge on any atom is -0.478 e. The minimum atomic E-state index is 0.144. The fourth-order valence-corrected chi connectivity index (χ4v) is 2.65. The molecule has 21 heavy (non-hydrogen) atoms. The average Bonchev–Trinajstić information content (AvgIpc) is 2.45. The summed E-state index contributed by atoms with van der Waals surface area (Å²) >= 11 is 0. The lowest BCUT2D eigenvalue weighted by atomic mass is 10.0. The third kappa shape index (κ3) is 4.84. The van der Waals surface area contributed by atoms with E-state index in [1.165, 1.54) is 19.3 Å². The van der Waals surface area contributed by atoms with Crippen molar-refractivity contribution in [3.63, 3.8) is 0 Å². The first-order chi connectivity index (χ1) is 9.99. The first kappa shape index (κ1) is 16.0. The number of hydrogen-bond donors (Lipinski definition) is 1. The summed E-state index contributed by atoms with van der Waals surface area (Å²) < 4.78 is 5.49. The van der Waals surface area contributed by atoms with E-state index in [1.807, 2.05) is 13.0 Å². The fourth-order valence-electron chi connectivity index (χ4n) is 2.65. The Kier molecular flexibility index (Phi) is 5.39. The summed E-state index contributed by atoms with van der Waals surface area (Å²) in [6.07, 6.45) is 5.32. The predicted molar refractivity (Wildman–Crippen MR) is 85.9 cm³/mol. The topological polar surface area (TPSA) is 50.3 Å². The second-order valence-electron chi connectivity index (χ2n) is 6.62. The second-order valence-corrected chi connectivity index (χ2v) is 6.62. The smallest absolute Gasteiger partial charge is 0.218 e. The molecule has 1 fully saturated rings. The van der Waals surface area contributed by atoms with Gasteiger partial charge in [-0.2, -0.15) is 0 Å². The van der Waals surface area contributed by atoms with Gasteiger partial charge in [-0.3, -0.25) is 0 Å². The van der Waals surface area contributed by atoms with Gasteiger partial charge in [-0.1, -0.05) is 0 Å². The Labute approximate surface area is 128 Å². The number of aromatic nitrogens is 2. The zero-order valence-corrected chi connectivity index (χ0v) is 13.7. The van der Waals surface area contributed by atoms with Gasteiger partial charge in [0.2, 0.25) is 5.88 Å². The van der Waals surface area contributed by atoms with Crippen LogP contribution < -0.4 is 15.0 Å². The molecule has 0 amide bonds. The molecule has 1 aliphatic heterocycles. The molecule has 0 aliphatic carbocycles. The number of nitrogens with one attached hydrogen (secondary N) is 1. The van der Waals surface area contributed by atoms with Crippen LogP contribution in [0.25, 0.3) is 0 Å². The Hall–Kier alpha value is -1.36. The Morgan fingerprint density at radius 3 is 2.86 bits per heavy atom. The summed E-state index contributed by atoms with van der Waals surface area (Å²) in [6.45, 7) is 11.3. The van der Waals surface area contributed by atoms with Crippen molar-refractivity contribution in [3.8, 4) is 5.88 Å². The van der Waals surface area contributed by atoms with Crippen molar-refractivity contribution in [1.82, 2.24) is 15.3 Å². The number of hydrogen-bond acceptors (Lipinski definition) is 5. The van der Waals surface area contributed by atoms with Crippen LogP contribution in [0.1, 0.15) is 47.0 Å². The van der Waals surface area contributed by atoms with Gasteiger partial charge in [0.25, 0.3) is 0 Å². The summed E-state index contributed by atoms with van der Waals surface area (Å²) in [6, 6.07) is 2.45. The lowest BCUT2D eigenvalue weighted by Crippen LogP contribution is -2.50. The van der Waals surface area contributed by atoms with Crippen molar-refractivity contribution in [3.05, 3.63) is 12.4 Å². The molecular formula is C16H28N4O. The van der Waals surface area contributed by atoms with Gasteiger partial charge in [0.05, 0.1) is 6.61 Å². The first-order valence-electron chi connectivity index (χ1n) is 7.96. The third-order valence-corrected chi connectivity index (χ3v) is 3.71. The first-order valence-corrected chi connectivity index (χ1v) is 7.96. The monoisotopic (exact) mass is 292 g/mol. The standard InChI is InChI=1S/C16H28N4O/c1-5-21-15-10-14(17-12-18-15)20-9-7-6-8-13(20)11-19-16(2,3)4/h10,12-13,19H,5-9,11H2,1-4H3. The Morgan fingerprint density at radius 2 is 2.14 bits per heavy atom. The Bertz CT molecular complexity index is 444. The van der Waals surface area contributed by atoms with Crippen LogP contribution in [0.2, 0.25) is 0 Å². The summed E-state index contributed by atoms with van der Waals surface area (Å²) in [4.78, 5) is 11.0. The molecule has 0 aromatic carbocycles. The highest BCUT2D eigenvalue weighted by atomic mass is 16.5. The van der Waals surface area contributed by atoms with Gasteiger partial charge in [0.1, 0.15) is 12.1 Å². The lowest BCUT2D eigenvalue weighted by Gasteiger charge is -2.38. The van der Waals surface area contributed by atoms with Crippen molar-refractivity contribution >= 4 is 5.82 Å². The van der Waals surface area contributed by atoms with E-state index >= 15 is 0 Å². The number of piperidine rings is 1. The molecule has 1 saturated heterocycles. The molecule has 5 heteroatoms. The summed E-state index contributed by atoms with van der Waals surface area (Å²) in [5.74, 6) is 1.64. The quantitative estimate of drug-likeness (QED) is 0.904. The number of anilines is 1. The van der Waals surface area contributed by atoms with Gasteiger partial charge >= 0.3 is 0 Å². The van der Waals surface area contributed by atoms with Crippen LogP contribution in [0, 0.1) is 0 Å². The van der Waals surface area contributed by atoms with E-state index in [2.05, 4.69) is 41.0 Å². The van der Waals surface area contributed by atoms with E-state index in [1.54, 1.807) is 6.33 Å². The van der Waals surface area contributed by atoms with Crippen LogP contribution in [-0.2, 0) is 0 Å². The van der Waals surface area contributed by atoms with Crippen molar-refractivity contribution in [2.75, 3.05) is 24.6 Å². The number of ether oxygens (including phenoxy) is 1. The second kappa shape index (κ2) is 7.07. The highest BCUT2D eigenvalue weighted by Crippen LogP contribution is 2.24. The molecule has 5 nitrogen and oxygen atoms in total. The van der Waals surface area contributed by atoms with Gasteiger partial charge < -0.3 is 15.0 Å². The maximum absolute atomic E-state index is 5.49. The molecule has 1 aromatic rings. The highest BCUT2D eigenvalue weighted by Gasteiger charge is 2.25. The molecule has 2 heterocycles. The van der Waals surface area contributed by atoms with Crippen LogP contribution in [0.15, 0.2) is 12.4 Å². The molecule has 0 radical (unpaired) electrons. The average molecular weight is 292 g/mol. The molecule has 0 saturated carbocycles. The Balaban J connectivity index is 2.08. The highest BCUT2D eigenvalue weighted by molar-refractivity contribution is 5.42. The zero-order chi connectivity index (χ0) is 15.3. The predicted octanol–water partition coefficient (Wildman–Crippen LogP) is 2.62. The molecule has 1 unspecified atom stereocenters. The van der Waals surface area contributed by atoms with Crippen LogP contribution in [0.3, 0.4) is 0 Å². The van der Waals surface area contributed by atoms with Gasteiger partial charge in [-0.05, 0) is 47.0 Å². The zero-order valence-electron chi connectivity index (χ0n) is 13.7. The molecule has 1 atom stereocenters. The summed E-state index contributed by atoms with van der Waals surface area (Å²) in [7, 11) is 0. The van der Waals surface area contributed by atoms with Gasteiger partial charge in [0.15, 0.2) is 0 Å². The maximum atomic E-state index is 5.49. The van der Waals surface area contributed by atoms with Gasteiger partial charge in [-0.25, -0.2) is 9.97 Å². The van der Waals surface area contributed by atoms with E-state index < -0.39 is 0 Å². The third-order valence-electron chi connectivity index (χ3n) is 3.71. The van der Waals surface area contributed by atoms with E-state index in [-0.39, 0.29) is 5.54 Å². The molecule has 0 bridgehead atoms. The molecule has 0 spiro atoms. The largest absolute Gasteiger partial charge is 0.478 e. The molecule has 1 N–H and O–H groups in total. The summed E-state index contributed by atoms with van der Waals surface area (Å²) in [5, 5.41) is 3.61. The van der Waals surface area contributed by atoms with Crippen molar-refractivity contribution in [2.24, 2.45) is 0 Å². The normalized spacial score (nSPS) is 19.6. The molecule has 2 rings (SSSR count). The minimum absolute atomic E-state index is 0.144. The maximum Gasteiger partial charge on any atom is 0.218 e. The van der Waals surface area contributed by atoms with Crippen molar-refractivity contribution in [1.29, 1.82) is 0 Å². The SMILES string of the molecule is CCOc1cc(N2CCCCC2CNC(C)(C)C)ncn1. The van der Waals surface area contributed by atoms with E-state index in [9.17, 15) is 0 Å². The Morgan fingerprint density at radius 1 is 1.33 bits per heavy atom. The van der Waals surface area contributed by atoms with Crippen LogP contribution in [0.5, 0.6) is 5.88 Å². The van der Waals surface area contributed by atoms with Crippen LogP contribution in [0.4, 0.5) is 5.82 Å². The summed E-state index contributed by atoms with van der Waals surface area (Å²) in [5.41, 5.74) is 0.144. The lowest BCUT2D eigenvalue weighted by molar-refractivity contribution is 0.325. The number of rotatable bonds is 5. The molecule has 118 valence electrons. The van der Waals surface area contributed by atoms with E-state index in [4.69, 9.17) is 4.74 Å². The van der Waals surface area contributed by atoms with Crippen molar-refractivity contribution < 1.29 is 4.74 Å². The van der Waals surface area contributed by atoms with Gasteiger partial charge in [0, 0.05) is 30.7 Å². The molecule has 1 aromatic heterocycles. The van der Waals surface area contributed by atoms with E-state index in [0.29, 0.717) is 18.5 Å². The number of nitrogens with zero attached hydrogens (tertiary/aromatic N) is 3.